The Morgan fingerprint density at radius 2 is 2.17 bits per heavy atom. The number of hydrogen-bond acceptors (Lipinski definition) is 5. The zero-order valence-corrected chi connectivity index (χ0v) is 14.5. The summed E-state index contributed by atoms with van der Waals surface area (Å²) in [5, 5.41) is 23.2. The number of aromatic hydroxyl groups is 1. The van der Waals surface area contributed by atoms with Crippen LogP contribution < -0.4 is 10.2 Å². The summed E-state index contributed by atoms with van der Waals surface area (Å²) in [7, 11) is 0. The van der Waals surface area contributed by atoms with Gasteiger partial charge >= 0.3 is 0 Å². The predicted molar refractivity (Wildman–Crippen MR) is 95.8 cm³/mol. The van der Waals surface area contributed by atoms with Gasteiger partial charge in [0.1, 0.15) is 5.75 Å². The molecule has 0 saturated carbocycles. The van der Waals surface area contributed by atoms with E-state index in [0.29, 0.717) is 22.3 Å². The Kier molecular flexibility index (Phi) is 4.06. The number of nitrogens with zero attached hydrogens (tertiary/aromatic N) is 3. The van der Waals surface area contributed by atoms with E-state index in [-0.39, 0.29) is 5.75 Å². The van der Waals surface area contributed by atoms with Gasteiger partial charge in [0.05, 0.1) is 5.69 Å². The van der Waals surface area contributed by atoms with Gasteiger partial charge in [-0.15, -0.1) is 10.2 Å². The van der Waals surface area contributed by atoms with Crippen molar-refractivity contribution in [3.63, 3.8) is 0 Å². The van der Waals surface area contributed by atoms with E-state index in [0.717, 1.165) is 37.4 Å². The number of anilines is 1. The molecule has 0 spiro atoms. The molecule has 2 aliphatic heterocycles. The van der Waals surface area contributed by atoms with E-state index in [1.54, 1.807) is 6.07 Å². The number of piperidine rings is 1. The maximum absolute atomic E-state index is 10.3. The van der Waals surface area contributed by atoms with Gasteiger partial charge in [-0.05, 0) is 56.5 Å². The van der Waals surface area contributed by atoms with Crippen LogP contribution in [-0.4, -0.2) is 41.0 Å². The van der Waals surface area contributed by atoms with Gasteiger partial charge in [0.25, 0.3) is 0 Å². The van der Waals surface area contributed by atoms with Crippen LogP contribution in [0.5, 0.6) is 5.75 Å². The number of hydrogen-bond donors (Lipinski definition) is 2. The highest BCUT2D eigenvalue weighted by molar-refractivity contribution is 6.31. The van der Waals surface area contributed by atoms with Crippen LogP contribution in [0.1, 0.15) is 24.0 Å². The SMILES string of the molecule is Cc1cc(Cl)cc(O)c1-c1cc2c(nn1)N([C@@H]1CCCNC1)CC2. The van der Waals surface area contributed by atoms with Crippen molar-refractivity contribution in [3.05, 3.63) is 34.3 Å². The second-order valence-corrected chi connectivity index (χ2v) is 7.08. The molecule has 0 amide bonds. The number of phenols is 1. The lowest BCUT2D eigenvalue weighted by Gasteiger charge is -2.32. The number of aryl methyl sites for hydroxylation is 1. The number of halogens is 1. The van der Waals surface area contributed by atoms with Crippen LogP contribution in [0.25, 0.3) is 11.3 Å². The molecule has 24 heavy (non-hydrogen) atoms. The Labute approximate surface area is 146 Å². The number of fused-ring (bicyclic) bond motifs is 1. The molecular weight excluding hydrogens is 324 g/mol. The molecule has 1 atom stereocenters. The van der Waals surface area contributed by atoms with Crippen LogP contribution >= 0.6 is 11.6 Å². The van der Waals surface area contributed by atoms with Crippen LogP contribution in [0.3, 0.4) is 0 Å². The standard InChI is InChI=1S/C18H21ClN4O/c1-11-7-13(19)9-16(24)17(11)15-8-12-4-6-23(18(12)22-21-15)14-3-2-5-20-10-14/h7-9,14,20,24H,2-6,10H2,1H3/t14-/m1/s1. The molecule has 1 fully saturated rings. The van der Waals surface area contributed by atoms with Crippen molar-refractivity contribution in [2.45, 2.75) is 32.2 Å². The maximum Gasteiger partial charge on any atom is 0.154 e. The first kappa shape index (κ1) is 15.7. The third-order valence-electron chi connectivity index (χ3n) is 4.99. The average molecular weight is 345 g/mol. The van der Waals surface area contributed by atoms with E-state index >= 15 is 0 Å². The van der Waals surface area contributed by atoms with Crippen molar-refractivity contribution in [2.24, 2.45) is 0 Å². The Hall–Kier alpha value is -1.85. The highest BCUT2D eigenvalue weighted by Crippen LogP contribution is 2.37. The molecule has 126 valence electrons. The lowest BCUT2D eigenvalue weighted by molar-refractivity contribution is 0.435. The Morgan fingerprint density at radius 1 is 1.29 bits per heavy atom. The van der Waals surface area contributed by atoms with E-state index in [1.165, 1.54) is 18.4 Å². The lowest BCUT2D eigenvalue weighted by Crippen LogP contribution is -2.45. The van der Waals surface area contributed by atoms with Crippen LogP contribution in [0.15, 0.2) is 18.2 Å². The van der Waals surface area contributed by atoms with Gasteiger partial charge in [-0.2, -0.15) is 0 Å². The van der Waals surface area contributed by atoms with Gasteiger partial charge in [0.2, 0.25) is 0 Å². The summed E-state index contributed by atoms with van der Waals surface area (Å²) in [5.74, 6) is 1.15. The molecule has 1 aromatic heterocycles. The third-order valence-corrected chi connectivity index (χ3v) is 5.21. The zero-order valence-electron chi connectivity index (χ0n) is 13.7. The van der Waals surface area contributed by atoms with E-state index in [9.17, 15) is 5.11 Å². The zero-order chi connectivity index (χ0) is 16.7. The average Bonchev–Trinajstić information content (AvgIpc) is 2.98. The number of phenolic OH excluding ortho intramolecular Hbond substituents is 1. The van der Waals surface area contributed by atoms with E-state index in [2.05, 4.69) is 26.5 Å². The van der Waals surface area contributed by atoms with E-state index in [1.807, 2.05) is 13.0 Å². The largest absolute Gasteiger partial charge is 0.507 e. The molecule has 5 nitrogen and oxygen atoms in total. The molecule has 0 bridgehead atoms. The summed E-state index contributed by atoms with van der Waals surface area (Å²) >= 11 is 6.00. The quantitative estimate of drug-likeness (QED) is 0.877. The van der Waals surface area contributed by atoms with Crippen molar-refractivity contribution in [2.75, 3.05) is 24.5 Å². The molecule has 0 unspecified atom stereocenters. The predicted octanol–water partition coefficient (Wildman–Crippen LogP) is 2.93. The minimum Gasteiger partial charge on any atom is -0.507 e. The molecule has 2 N–H and O–H groups in total. The summed E-state index contributed by atoms with van der Waals surface area (Å²) in [5.41, 5.74) is 3.54. The van der Waals surface area contributed by atoms with Gasteiger partial charge in [-0.3, -0.25) is 0 Å². The summed E-state index contributed by atoms with van der Waals surface area (Å²) in [6.45, 7) is 5.04. The number of aromatic nitrogens is 2. The molecule has 1 saturated heterocycles. The minimum atomic E-state index is 0.153. The topological polar surface area (TPSA) is 61.3 Å². The van der Waals surface area contributed by atoms with Crippen molar-refractivity contribution in [3.8, 4) is 17.0 Å². The van der Waals surface area contributed by atoms with Crippen LogP contribution in [0.2, 0.25) is 5.02 Å². The fourth-order valence-electron chi connectivity index (χ4n) is 3.83. The highest BCUT2D eigenvalue weighted by Gasteiger charge is 2.29. The molecule has 2 aromatic rings. The van der Waals surface area contributed by atoms with Gasteiger partial charge in [-0.25, -0.2) is 0 Å². The number of rotatable bonds is 2. The van der Waals surface area contributed by atoms with Crippen molar-refractivity contribution in [1.82, 2.24) is 15.5 Å². The molecule has 6 heteroatoms. The second-order valence-electron chi connectivity index (χ2n) is 6.64. The van der Waals surface area contributed by atoms with Crippen molar-refractivity contribution in [1.29, 1.82) is 0 Å². The molecule has 4 rings (SSSR count). The summed E-state index contributed by atoms with van der Waals surface area (Å²) in [6.07, 6.45) is 3.38. The van der Waals surface area contributed by atoms with Gasteiger partial charge < -0.3 is 15.3 Å². The van der Waals surface area contributed by atoms with Crippen LogP contribution in [0.4, 0.5) is 5.82 Å². The molecule has 3 heterocycles. The van der Waals surface area contributed by atoms with Gasteiger partial charge in [-0.1, -0.05) is 11.6 Å². The Bertz CT molecular complexity index is 751. The van der Waals surface area contributed by atoms with E-state index < -0.39 is 0 Å². The summed E-state index contributed by atoms with van der Waals surface area (Å²) < 4.78 is 0. The molecule has 1 aromatic carbocycles. The number of benzene rings is 1. The Morgan fingerprint density at radius 3 is 2.92 bits per heavy atom. The first-order chi connectivity index (χ1) is 11.6. The van der Waals surface area contributed by atoms with Crippen LogP contribution in [0, 0.1) is 6.92 Å². The van der Waals surface area contributed by atoms with Crippen molar-refractivity contribution >= 4 is 17.4 Å². The lowest BCUT2D eigenvalue weighted by atomic mass is 10.0. The molecule has 0 aliphatic carbocycles. The van der Waals surface area contributed by atoms with Crippen molar-refractivity contribution < 1.29 is 5.11 Å². The fraction of sp³-hybridized carbons (Fsp3) is 0.444. The fourth-order valence-corrected chi connectivity index (χ4v) is 4.10. The minimum absolute atomic E-state index is 0.153. The second kappa shape index (κ2) is 6.22. The molecule has 2 aliphatic rings. The van der Waals surface area contributed by atoms with E-state index in [4.69, 9.17) is 11.6 Å². The first-order valence-corrected chi connectivity index (χ1v) is 8.85. The van der Waals surface area contributed by atoms with Gasteiger partial charge in [0.15, 0.2) is 5.82 Å². The van der Waals surface area contributed by atoms with Crippen LogP contribution in [-0.2, 0) is 6.42 Å². The maximum atomic E-state index is 10.3. The normalized spacial score (nSPS) is 20.2. The molecular formula is C18H21ClN4O. The third kappa shape index (κ3) is 2.72. The van der Waals surface area contributed by atoms with Gasteiger partial charge in [0, 0.05) is 35.3 Å². The molecule has 0 radical (unpaired) electrons. The number of nitrogens with one attached hydrogen (secondary N) is 1. The summed E-state index contributed by atoms with van der Waals surface area (Å²) in [4.78, 5) is 2.38. The first-order valence-electron chi connectivity index (χ1n) is 8.47. The Balaban J connectivity index is 1.68. The highest BCUT2D eigenvalue weighted by atomic mass is 35.5. The smallest absolute Gasteiger partial charge is 0.154 e. The summed E-state index contributed by atoms with van der Waals surface area (Å²) in [6, 6.07) is 5.96. The monoisotopic (exact) mass is 344 g/mol.